The summed E-state index contributed by atoms with van der Waals surface area (Å²) >= 11 is 1.88. The van der Waals surface area contributed by atoms with Crippen LogP contribution in [-0.2, 0) is 5.41 Å². The molecule has 0 unspecified atom stereocenters. The molecule has 10 rings (SSSR count). The van der Waals surface area contributed by atoms with E-state index in [1.807, 2.05) is 11.3 Å². The molecule has 1 aromatic heterocycles. The van der Waals surface area contributed by atoms with Gasteiger partial charge in [0, 0.05) is 59.6 Å². The second-order valence-corrected chi connectivity index (χ2v) is 15.6. The lowest BCUT2D eigenvalue weighted by molar-refractivity contribution is 0.660. The Balaban J connectivity index is 1.13. The van der Waals surface area contributed by atoms with Gasteiger partial charge >= 0.3 is 0 Å². The number of fused-ring (bicyclic) bond motifs is 6. The molecule has 0 saturated heterocycles. The summed E-state index contributed by atoms with van der Waals surface area (Å²) in [5.41, 5.74) is 14.5. The van der Waals surface area contributed by atoms with Crippen LogP contribution in [0.2, 0.25) is 0 Å². The molecular weight excluding hydrogens is 673 g/mol. The van der Waals surface area contributed by atoms with E-state index in [0.29, 0.717) is 0 Å². The topological polar surface area (TPSA) is 6.48 Å². The van der Waals surface area contributed by atoms with Crippen LogP contribution in [0.4, 0.5) is 34.1 Å². The third-order valence-corrected chi connectivity index (χ3v) is 12.2. The van der Waals surface area contributed by atoms with Crippen molar-refractivity contribution in [2.24, 2.45) is 0 Å². The largest absolute Gasteiger partial charge is 0.310 e. The summed E-state index contributed by atoms with van der Waals surface area (Å²) in [7, 11) is 0. The van der Waals surface area contributed by atoms with Gasteiger partial charge in [-0.05, 0) is 101 Å². The van der Waals surface area contributed by atoms with Gasteiger partial charge in [0.25, 0.3) is 0 Å². The van der Waals surface area contributed by atoms with Crippen molar-refractivity contribution in [3.63, 3.8) is 0 Å². The number of nitrogens with zero attached hydrogens (tertiary/aromatic N) is 2. The zero-order chi connectivity index (χ0) is 36.2. The number of hydrogen-bond donors (Lipinski definition) is 0. The highest BCUT2D eigenvalue weighted by Crippen LogP contribution is 2.55. The summed E-state index contributed by atoms with van der Waals surface area (Å²) in [5, 5.41) is 2.58. The van der Waals surface area contributed by atoms with Gasteiger partial charge in [0.1, 0.15) is 0 Å². The predicted octanol–water partition coefficient (Wildman–Crippen LogP) is 15.0. The molecule has 1 aliphatic rings. The van der Waals surface area contributed by atoms with Crippen LogP contribution in [0, 0.1) is 0 Å². The van der Waals surface area contributed by atoms with Crippen LogP contribution in [0.3, 0.4) is 0 Å². The minimum absolute atomic E-state index is 0.209. The summed E-state index contributed by atoms with van der Waals surface area (Å²) < 4.78 is 2.62. The lowest BCUT2D eigenvalue weighted by Crippen LogP contribution is -2.17. The molecule has 1 aliphatic carbocycles. The van der Waals surface area contributed by atoms with Gasteiger partial charge in [-0.1, -0.05) is 135 Å². The van der Waals surface area contributed by atoms with Gasteiger partial charge in [-0.25, -0.2) is 0 Å². The highest BCUT2D eigenvalue weighted by atomic mass is 32.1. The number of anilines is 6. The van der Waals surface area contributed by atoms with E-state index in [2.05, 4.69) is 218 Å². The van der Waals surface area contributed by atoms with Crippen molar-refractivity contribution < 1.29 is 0 Å². The zero-order valence-electron chi connectivity index (χ0n) is 30.3. The monoisotopic (exact) mass is 710 g/mol. The van der Waals surface area contributed by atoms with Gasteiger partial charge in [0.05, 0.1) is 5.69 Å². The van der Waals surface area contributed by atoms with Crippen LogP contribution in [0.1, 0.15) is 25.0 Å². The Labute approximate surface area is 320 Å². The molecule has 3 heteroatoms. The lowest BCUT2D eigenvalue weighted by atomic mass is 9.82. The Morgan fingerprint density at radius 2 is 0.981 bits per heavy atom. The van der Waals surface area contributed by atoms with Gasteiger partial charge in [0.2, 0.25) is 0 Å². The zero-order valence-corrected chi connectivity index (χ0v) is 31.1. The van der Waals surface area contributed by atoms with E-state index < -0.39 is 0 Å². The van der Waals surface area contributed by atoms with E-state index in [-0.39, 0.29) is 5.41 Å². The fourth-order valence-corrected chi connectivity index (χ4v) is 9.68. The highest BCUT2D eigenvalue weighted by molar-refractivity contribution is 7.26. The van der Waals surface area contributed by atoms with E-state index in [1.165, 1.54) is 59.2 Å². The fourth-order valence-electron chi connectivity index (χ4n) is 8.46. The van der Waals surface area contributed by atoms with Crippen molar-refractivity contribution in [1.82, 2.24) is 0 Å². The summed E-state index contributed by atoms with van der Waals surface area (Å²) in [6.45, 7) is 4.75. The average molecular weight is 711 g/mol. The minimum Gasteiger partial charge on any atom is -0.310 e. The molecule has 1 heterocycles. The van der Waals surface area contributed by atoms with E-state index in [9.17, 15) is 0 Å². The molecule has 0 radical (unpaired) electrons. The maximum Gasteiger partial charge on any atom is 0.0543 e. The summed E-state index contributed by atoms with van der Waals surface area (Å²) in [6, 6.07) is 70.6. The first-order valence-corrected chi connectivity index (χ1v) is 19.4. The highest BCUT2D eigenvalue weighted by Gasteiger charge is 2.38. The predicted molar refractivity (Wildman–Crippen MR) is 232 cm³/mol. The van der Waals surface area contributed by atoms with Gasteiger partial charge in [-0.3, -0.25) is 0 Å². The molecule has 8 aromatic carbocycles. The maximum atomic E-state index is 2.44. The molecule has 0 fully saturated rings. The summed E-state index contributed by atoms with van der Waals surface area (Å²) in [4.78, 5) is 4.82. The Kier molecular flexibility index (Phi) is 7.71. The quantitative estimate of drug-likeness (QED) is 0.162. The Morgan fingerprint density at radius 1 is 0.407 bits per heavy atom. The van der Waals surface area contributed by atoms with E-state index in [1.54, 1.807) is 0 Å². The first kappa shape index (κ1) is 32.2. The van der Waals surface area contributed by atoms with Crippen molar-refractivity contribution in [2.45, 2.75) is 19.3 Å². The van der Waals surface area contributed by atoms with Crippen LogP contribution in [0.5, 0.6) is 0 Å². The number of para-hydroxylation sites is 3. The Bertz CT molecular complexity index is 2750. The molecule has 54 heavy (non-hydrogen) atoms. The number of thiophene rings is 1. The van der Waals surface area contributed by atoms with Gasteiger partial charge in [0.15, 0.2) is 0 Å². The molecule has 0 aliphatic heterocycles. The normalized spacial score (nSPS) is 12.8. The lowest BCUT2D eigenvalue weighted by Gasteiger charge is -2.28. The molecule has 0 amide bonds. The molecule has 258 valence electrons. The van der Waals surface area contributed by atoms with Crippen molar-refractivity contribution in [3.05, 3.63) is 205 Å². The van der Waals surface area contributed by atoms with Crippen LogP contribution in [0.15, 0.2) is 194 Å². The average Bonchev–Trinajstić information content (AvgIpc) is 3.71. The Hall–Kier alpha value is -6.42. The third-order valence-electron chi connectivity index (χ3n) is 11.0. The van der Waals surface area contributed by atoms with Crippen molar-refractivity contribution in [3.8, 4) is 22.3 Å². The molecule has 9 aromatic rings. The molecule has 0 spiro atoms. The molecule has 0 atom stereocenters. The number of benzene rings is 8. The van der Waals surface area contributed by atoms with Crippen molar-refractivity contribution in [1.29, 1.82) is 0 Å². The van der Waals surface area contributed by atoms with E-state index in [4.69, 9.17) is 0 Å². The van der Waals surface area contributed by atoms with Gasteiger partial charge in [-0.15, -0.1) is 11.3 Å². The van der Waals surface area contributed by atoms with Crippen LogP contribution in [0.25, 0.3) is 42.4 Å². The van der Waals surface area contributed by atoms with Crippen LogP contribution >= 0.6 is 11.3 Å². The third kappa shape index (κ3) is 5.23. The number of hydrogen-bond acceptors (Lipinski definition) is 3. The molecule has 2 nitrogen and oxygen atoms in total. The summed E-state index contributed by atoms with van der Waals surface area (Å²) in [6.07, 6.45) is 0. The SMILES string of the molecule is CC1(C)c2cc(N(c3ccccc3)c3ccc4sc5c(-c6ccccc6)cccc5c4c3)ccc2-c2c(N(c3ccccc3)c3ccccc3)cccc21. The van der Waals surface area contributed by atoms with E-state index >= 15 is 0 Å². The number of rotatable bonds is 7. The second kappa shape index (κ2) is 12.9. The smallest absolute Gasteiger partial charge is 0.0543 e. The molecular formula is C51H38N2S. The van der Waals surface area contributed by atoms with Crippen molar-refractivity contribution in [2.75, 3.05) is 9.80 Å². The Morgan fingerprint density at radius 3 is 1.65 bits per heavy atom. The molecule has 0 N–H and O–H groups in total. The first-order valence-electron chi connectivity index (χ1n) is 18.6. The molecule has 0 saturated carbocycles. The van der Waals surface area contributed by atoms with E-state index in [0.717, 1.165) is 28.4 Å². The first-order chi connectivity index (χ1) is 26.6. The summed E-state index contributed by atoms with van der Waals surface area (Å²) in [5.74, 6) is 0. The van der Waals surface area contributed by atoms with Gasteiger partial charge in [-0.2, -0.15) is 0 Å². The fraction of sp³-hybridized carbons (Fsp3) is 0.0588. The van der Waals surface area contributed by atoms with Gasteiger partial charge < -0.3 is 9.80 Å². The van der Waals surface area contributed by atoms with Crippen LogP contribution < -0.4 is 9.80 Å². The minimum atomic E-state index is -0.209. The maximum absolute atomic E-state index is 2.44. The second-order valence-electron chi connectivity index (χ2n) is 14.6. The van der Waals surface area contributed by atoms with Crippen LogP contribution in [-0.4, -0.2) is 0 Å². The van der Waals surface area contributed by atoms with Crippen molar-refractivity contribution >= 4 is 65.6 Å². The molecule has 0 bridgehead atoms. The standard InChI is InChI=1S/C51H38N2S/c1-51(2)45-27-16-28-47(53(37-21-11-5-12-22-37)38-23-13-6-14-24-38)49(45)43-31-29-40(34-46(43)51)52(36-19-9-4-10-20-36)39-30-32-48-44(33-39)42-26-15-25-41(50(42)54-48)35-17-7-3-8-18-35/h3-34H,1-2H3.